The van der Waals surface area contributed by atoms with E-state index >= 15 is 0 Å². The summed E-state index contributed by atoms with van der Waals surface area (Å²) in [5.41, 5.74) is 0.453. The van der Waals surface area contributed by atoms with Crippen LogP contribution in [-0.2, 0) is 4.74 Å². The summed E-state index contributed by atoms with van der Waals surface area (Å²) in [5.74, 6) is 0. The van der Waals surface area contributed by atoms with Gasteiger partial charge in [-0.15, -0.1) is 0 Å². The number of amides is 1. The standard InChI is InChI=1S/C14H21N3O3/c1-14(2,3)20-13(19)16-11-8-10(4-5-12(11)18)17-7-6-15-9-17/h6-9,11-12,18H,4-5H2,1-3H3,(H,16,19). The smallest absolute Gasteiger partial charge is 0.408 e. The van der Waals surface area contributed by atoms with Crippen LogP contribution in [0.25, 0.3) is 5.70 Å². The van der Waals surface area contributed by atoms with E-state index in [1.165, 1.54) is 0 Å². The van der Waals surface area contributed by atoms with Crippen molar-refractivity contribution in [3.05, 3.63) is 24.8 Å². The number of imidazole rings is 1. The highest BCUT2D eigenvalue weighted by atomic mass is 16.6. The Balaban J connectivity index is 2.05. The molecule has 110 valence electrons. The molecule has 2 rings (SSSR count). The summed E-state index contributed by atoms with van der Waals surface area (Å²) in [6, 6.07) is -0.448. The fraction of sp³-hybridized carbons (Fsp3) is 0.571. The molecule has 0 aromatic carbocycles. The molecule has 1 heterocycles. The SMILES string of the molecule is CC(C)(C)OC(=O)NC1C=C(n2ccnc2)CCC1O. The van der Waals surface area contributed by atoms with Gasteiger partial charge in [-0.25, -0.2) is 9.78 Å². The molecule has 0 saturated carbocycles. The number of ether oxygens (including phenoxy) is 1. The third-order valence-electron chi connectivity index (χ3n) is 3.00. The number of nitrogens with zero attached hydrogens (tertiary/aromatic N) is 2. The maximum Gasteiger partial charge on any atom is 0.408 e. The maximum atomic E-state index is 11.8. The molecule has 0 bridgehead atoms. The molecule has 2 N–H and O–H groups in total. The van der Waals surface area contributed by atoms with E-state index in [1.54, 1.807) is 33.3 Å². The first-order valence-electron chi connectivity index (χ1n) is 6.72. The average Bonchev–Trinajstić information content (AvgIpc) is 2.83. The van der Waals surface area contributed by atoms with Gasteiger partial charge in [0.25, 0.3) is 0 Å². The number of hydrogen-bond acceptors (Lipinski definition) is 4. The summed E-state index contributed by atoms with van der Waals surface area (Å²) in [6.45, 7) is 5.41. The number of aliphatic hydroxyl groups excluding tert-OH is 1. The Labute approximate surface area is 118 Å². The summed E-state index contributed by atoms with van der Waals surface area (Å²) >= 11 is 0. The van der Waals surface area contributed by atoms with Crippen molar-refractivity contribution in [2.45, 2.75) is 51.4 Å². The summed E-state index contributed by atoms with van der Waals surface area (Å²) in [6.07, 6.45) is 7.29. The van der Waals surface area contributed by atoms with Crippen LogP contribution in [0.15, 0.2) is 24.8 Å². The predicted octanol–water partition coefficient (Wildman–Crippen LogP) is 1.77. The Morgan fingerprint density at radius 2 is 2.30 bits per heavy atom. The van der Waals surface area contributed by atoms with Gasteiger partial charge < -0.3 is 19.7 Å². The second kappa shape index (κ2) is 5.66. The number of aliphatic hydroxyl groups is 1. The van der Waals surface area contributed by atoms with Gasteiger partial charge in [-0.05, 0) is 39.7 Å². The van der Waals surface area contributed by atoms with Gasteiger partial charge in [0.15, 0.2) is 0 Å². The van der Waals surface area contributed by atoms with Crippen molar-refractivity contribution in [1.29, 1.82) is 0 Å². The molecule has 0 radical (unpaired) electrons. The van der Waals surface area contributed by atoms with Crippen LogP contribution in [0.5, 0.6) is 0 Å². The summed E-state index contributed by atoms with van der Waals surface area (Å²) < 4.78 is 7.09. The molecule has 1 aliphatic rings. The van der Waals surface area contributed by atoms with Crippen LogP contribution >= 0.6 is 0 Å². The Kier molecular flexibility index (Phi) is 4.13. The van der Waals surface area contributed by atoms with E-state index in [0.29, 0.717) is 6.42 Å². The largest absolute Gasteiger partial charge is 0.444 e. The van der Waals surface area contributed by atoms with Crippen molar-refractivity contribution in [3.8, 4) is 0 Å². The number of carbonyl (C=O) groups is 1. The van der Waals surface area contributed by atoms with Crippen LogP contribution < -0.4 is 5.32 Å². The van der Waals surface area contributed by atoms with Gasteiger partial charge in [-0.2, -0.15) is 0 Å². The average molecular weight is 279 g/mol. The maximum absolute atomic E-state index is 11.8. The molecular formula is C14H21N3O3. The Morgan fingerprint density at radius 1 is 1.55 bits per heavy atom. The third kappa shape index (κ3) is 3.84. The topological polar surface area (TPSA) is 76.4 Å². The highest BCUT2D eigenvalue weighted by Crippen LogP contribution is 2.22. The van der Waals surface area contributed by atoms with Crippen molar-refractivity contribution >= 4 is 11.8 Å². The monoisotopic (exact) mass is 279 g/mol. The molecule has 6 nitrogen and oxygen atoms in total. The van der Waals surface area contributed by atoms with E-state index in [4.69, 9.17) is 4.74 Å². The van der Waals surface area contributed by atoms with Crippen LogP contribution in [0.2, 0.25) is 0 Å². The van der Waals surface area contributed by atoms with Crippen LogP contribution in [-0.4, -0.2) is 38.5 Å². The lowest BCUT2D eigenvalue weighted by Crippen LogP contribution is -2.45. The molecule has 0 aliphatic heterocycles. The van der Waals surface area contributed by atoms with Crippen molar-refractivity contribution in [1.82, 2.24) is 14.9 Å². The van der Waals surface area contributed by atoms with E-state index in [1.807, 2.05) is 16.8 Å². The molecule has 20 heavy (non-hydrogen) atoms. The van der Waals surface area contributed by atoms with Gasteiger partial charge >= 0.3 is 6.09 Å². The van der Waals surface area contributed by atoms with Gasteiger partial charge in [0, 0.05) is 18.1 Å². The molecule has 1 amide bonds. The second-order valence-electron chi connectivity index (χ2n) is 5.91. The molecule has 6 heteroatoms. The van der Waals surface area contributed by atoms with Gasteiger partial charge in [-0.3, -0.25) is 0 Å². The summed E-state index contributed by atoms with van der Waals surface area (Å²) in [4.78, 5) is 15.8. The molecule has 1 aromatic rings. The molecule has 2 atom stereocenters. The predicted molar refractivity (Wildman–Crippen MR) is 74.9 cm³/mol. The summed E-state index contributed by atoms with van der Waals surface area (Å²) in [5, 5.41) is 12.7. The number of allylic oxidation sites excluding steroid dienone is 1. The zero-order valence-electron chi connectivity index (χ0n) is 12.0. The van der Waals surface area contributed by atoms with E-state index in [2.05, 4.69) is 10.3 Å². The second-order valence-corrected chi connectivity index (χ2v) is 5.91. The Morgan fingerprint density at radius 3 is 2.90 bits per heavy atom. The lowest BCUT2D eigenvalue weighted by atomic mass is 9.97. The lowest BCUT2D eigenvalue weighted by molar-refractivity contribution is 0.0444. The van der Waals surface area contributed by atoms with E-state index < -0.39 is 23.8 Å². The van der Waals surface area contributed by atoms with Crippen LogP contribution in [0.1, 0.15) is 33.6 Å². The highest BCUT2D eigenvalue weighted by Gasteiger charge is 2.27. The molecule has 0 spiro atoms. The van der Waals surface area contributed by atoms with Crippen molar-refractivity contribution < 1.29 is 14.6 Å². The van der Waals surface area contributed by atoms with E-state index in [9.17, 15) is 9.90 Å². The quantitative estimate of drug-likeness (QED) is 0.865. The van der Waals surface area contributed by atoms with Crippen molar-refractivity contribution in [2.24, 2.45) is 0 Å². The fourth-order valence-electron chi connectivity index (χ4n) is 2.10. The first-order chi connectivity index (χ1) is 9.35. The molecule has 1 aliphatic carbocycles. The first-order valence-corrected chi connectivity index (χ1v) is 6.72. The Hall–Kier alpha value is -1.82. The highest BCUT2D eigenvalue weighted by molar-refractivity contribution is 5.69. The zero-order chi connectivity index (χ0) is 14.8. The molecule has 2 unspecified atom stereocenters. The molecule has 0 fully saturated rings. The number of rotatable bonds is 2. The van der Waals surface area contributed by atoms with Crippen LogP contribution in [0.4, 0.5) is 4.79 Å². The van der Waals surface area contributed by atoms with Gasteiger partial charge in [-0.1, -0.05) is 0 Å². The van der Waals surface area contributed by atoms with E-state index in [-0.39, 0.29) is 0 Å². The normalized spacial score (nSPS) is 23.1. The molecule has 1 aromatic heterocycles. The lowest BCUT2D eigenvalue weighted by Gasteiger charge is -2.29. The van der Waals surface area contributed by atoms with E-state index in [0.717, 1.165) is 12.1 Å². The van der Waals surface area contributed by atoms with Gasteiger partial charge in [0.2, 0.25) is 0 Å². The number of alkyl carbamates (subject to hydrolysis) is 1. The van der Waals surface area contributed by atoms with Crippen LogP contribution in [0, 0.1) is 0 Å². The minimum Gasteiger partial charge on any atom is -0.444 e. The number of aromatic nitrogens is 2. The van der Waals surface area contributed by atoms with Crippen molar-refractivity contribution in [3.63, 3.8) is 0 Å². The minimum atomic E-state index is -0.602. The summed E-state index contributed by atoms with van der Waals surface area (Å²) in [7, 11) is 0. The number of carbonyl (C=O) groups excluding carboxylic acids is 1. The Bertz CT molecular complexity index is 488. The minimum absolute atomic E-state index is 0.448. The van der Waals surface area contributed by atoms with Gasteiger partial charge in [0.05, 0.1) is 18.5 Å². The molecular weight excluding hydrogens is 258 g/mol. The van der Waals surface area contributed by atoms with Crippen LogP contribution in [0.3, 0.4) is 0 Å². The zero-order valence-corrected chi connectivity index (χ0v) is 12.0. The number of nitrogens with one attached hydrogen (secondary N) is 1. The van der Waals surface area contributed by atoms with Crippen molar-refractivity contribution in [2.75, 3.05) is 0 Å². The molecule has 0 saturated heterocycles. The van der Waals surface area contributed by atoms with Gasteiger partial charge in [0.1, 0.15) is 5.60 Å². The first kappa shape index (κ1) is 14.6. The number of hydrogen-bond donors (Lipinski definition) is 2. The fourth-order valence-corrected chi connectivity index (χ4v) is 2.10. The third-order valence-corrected chi connectivity index (χ3v) is 3.00.